The average Bonchev–Trinajstić information content (AvgIpc) is 3.23. The zero-order chi connectivity index (χ0) is 20.9. The second-order valence-corrected chi connectivity index (χ2v) is 7.69. The predicted octanol–water partition coefficient (Wildman–Crippen LogP) is 2.99. The van der Waals surface area contributed by atoms with Gasteiger partial charge in [0.15, 0.2) is 17.3 Å². The smallest absolute Gasteiger partial charge is 0.325 e. The molecule has 2 aliphatic rings. The average molecular weight is 394 g/mol. The van der Waals surface area contributed by atoms with E-state index in [4.69, 9.17) is 9.47 Å². The summed E-state index contributed by atoms with van der Waals surface area (Å²) in [5.41, 5.74) is 2.70. The molecule has 0 spiro atoms. The highest BCUT2D eigenvalue weighted by Gasteiger charge is 2.50. The molecule has 2 heterocycles. The molecule has 2 aliphatic heterocycles. The number of rotatable bonds is 4. The van der Waals surface area contributed by atoms with Crippen molar-refractivity contribution in [1.29, 1.82) is 0 Å². The number of urea groups is 1. The predicted molar refractivity (Wildman–Crippen MR) is 105 cm³/mol. The Balaban J connectivity index is 1.60. The van der Waals surface area contributed by atoms with Crippen molar-refractivity contribution < 1.29 is 23.9 Å². The van der Waals surface area contributed by atoms with Crippen molar-refractivity contribution >= 4 is 17.7 Å². The van der Waals surface area contributed by atoms with Crippen LogP contribution in [-0.2, 0) is 10.3 Å². The summed E-state index contributed by atoms with van der Waals surface area (Å²) < 4.78 is 10.7. The number of Topliss-reactive ketones (excluding diaryl/α,β-unsaturated/α-hetero) is 1. The molecule has 4 rings (SSSR count). The van der Waals surface area contributed by atoms with Gasteiger partial charge in [0.2, 0.25) is 6.79 Å². The van der Waals surface area contributed by atoms with Crippen LogP contribution in [0.15, 0.2) is 30.3 Å². The van der Waals surface area contributed by atoms with Gasteiger partial charge in [-0.05, 0) is 68.1 Å². The SMILES string of the molecule is Cc1cc(C)c(C(=O)CN2C(=O)NC(C)(c3ccc4c(c3)OCO4)C2=O)cc1C. The van der Waals surface area contributed by atoms with Gasteiger partial charge in [-0.2, -0.15) is 0 Å². The molecule has 150 valence electrons. The monoisotopic (exact) mass is 394 g/mol. The maximum absolute atomic E-state index is 13.1. The molecule has 2 aromatic rings. The van der Waals surface area contributed by atoms with Crippen molar-refractivity contribution in [3.63, 3.8) is 0 Å². The van der Waals surface area contributed by atoms with Crippen LogP contribution in [0.25, 0.3) is 0 Å². The normalized spacial score (nSPS) is 20.2. The van der Waals surface area contributed by atoms with Crippen LogP contribution in [0.4, 0.5) is 4.79 Å². The Morgan fingerprint density at radius 1 is 1.03 bits per heavy atom. The molecule has 0 aliphatic carbocycles. The third-order valence-electron chi connectivity index (χ3n) is 5.67. The van der Waals surface area contributed by atoms with Crippen LogP contribution >= 0.6 is 0 Å². The first-order valence-electron chi connectivity index (χ1n) is 9.36. The minimum absolute atomic E-state index is 0.117. The van der Waals surface area contributed by atoms with E-state index >= 15 is 0 Å². The van der Waals surface area contributed by atoms with E-state index in [1.807, 2.05) is 32.9 Å². The van der Waals surface area contributed by atoms with Crippen LogP contribution in [0.2, 0.25) is 0 Å². The summed E-state index contributed by atoms with van der Waals surface area (Å²) in [6.07, 6.45) is 0. The summed E-state index contributed by atoms with van der Waals surface area (Å²) >= 11 is 0. The zero-order valence-electron chi connectivity index (χ0n) is 16.8. The number of nitrogens with one attached hydrogen (secondary N) is 1. The van der Waals surface area contributed by atoms with Gasteiger partial charge in [-0.15, -0.1) is 0 Å². The number of imide groups is 1. The number of ether oxygens (including phenoxy) is 2. The number of nitrogens with zero attached hydrogens (tertiary/aromatic N) is 1. The van der Waals surface area contributed by atoms with Crippen LogP contribution in [0.5, 0.6) is 11.5 Å². The lowest BCUT2D eigenvalue weighted by Crippen LogP contribution is -2.41. The molecule has 0 bridgehead atoms. The number of hydrogen-bond acceptors (Lipinski definition) is 5. The fourth-order valence-corrected chi connectivity index (χ4v) is 3.73. The maximum atomic E-state index is 13.1. The van der Waals surface area contributed by atoms with Crippen LogP contribution < -0.4 is 14.8 Å². The van der Waals surface area contributed by atoms with E-state index in [0.29, 0.717) is 22.6 Å². The summed E-state index contributed by atoms with van der Waals surface area (Å²) in [4.78, 5) is 39.5. The highest BCUT2D eigenvalue weighted by Crippen LogP contribution is 2.37. The van der Waals surface area contributed by atoms with Gasteiger partial charge in [-0.3, -0.25) is 14.5 Å². The number of carbonyl (C=O) groups excluding carboxylic acids is 3. The van der Waals surface area contributed by atoms with Gasteiger partial charge in [-0.25, -0.2) is 4.79 Å². The number of amides is 3. The Labute approximate surface area is 168 Å². The number of benzene rings is 2. The summed E-state index contributed by atoms with van der Waals surface area (Å²) in [5.74, 6) is 0.359. The minimum atomic E-state index is -1.28. The Morgan fingerprint density at radius 2 is 1.72 bits per heavy atom. The van der Waals surface area contributed by atoms with Gasteiger partial charge >= 0.3 is 6.03 Å². The van der Waals surface area contributed by atoms with E-state index in [1.165, 1.54) is 0 Å². The number of carbonyl (C=O) groups is 3. The molecular weight excluding hydrogens is 372 g/mol. The number of hydrogen-bond donors (Lipinski definition) is 1. The van der Waals surface area contributed by atoms with Crippen molar-refractivity contribution in [3.05, 3.63) is 58.1 Å². The van der Waals surface area contributed by atoms with Crippen molar-refractivity contribution in [3.8, 4) is 11.5 Å². The van der Waals surface area contributed by atoms with E-state index in [9.17, 15) is 14.4 Å². The fraction of sp³-hybridized carbons (Fsp3) is 0.318. The first kappa shape index (κ1) is 19.0. The summed E-state index contributed by atoms with van der Waals surface area (Å²) in [6.45, 7) is 7.18. The van der Waals surface area contributed by atoms with Gasteiger partial charge in [-0.1, -0.05) is 12.1 Å². The molecule has 2 aromatic carbocycles. The van der Waals surface area contributed by atoms with E-state index in [1.54, 1.807) is 25.1 Å². The molecule has 7 nitrogen and oxygen atoms in total. The largest absolute Gasteiger partial charge is 0.454 e. The lowest BCUT2D eigenvalue weighted by molar-refractivity contribution is -0.130. The topological polar surface area (TPSA) is 84.9 Å². The van der Waals surface area contributed by atoms with Crippen LogP contribution in [0.1, 0.15) is 39.5 Å². The van der Waals surface area contributed by atoms with Gasteiger partial charge in [0.1, 0.15) is 5.54 Å². The standard InChI is InChI=1S/C22H22N2O5/c1-12-7-14(3)16(8-13(12)2)17(25)10-24-20(26)22(4,23-21(24)27)15-5-6-18-19(9-15)29-11-28-18/h5-9H,10-11H2,1-4H3,(H,23,27). The fourth-order valence-electron chi connectivity index (χ4n) is 3.73. The second kappa shape index (κ2) is 6.62. The highest BCUT2D eigenvalue weighted by molar-refractivity contribution is 6.11. The molecule has 1 atom stereocenters. The number of fused-ring (bicyclic) bond motifs is 1. The van der Waals surface area contributed by atoms with E-state index in [0.717, 1.165) is 21.6 Å². The molecule has 1 N–H and O–H groups in total. The minimum Gasteiger partial charge on any atom is -0.454 e. The third-order valence-corrected chi connectivity index (χ3v) is 5.67. The van der Waals surface area contributed by atoms with Gasteiger partial charge in [0, 0.05) is 5.56 Å². The molecule has 3 amide bonds. The number of aryl methyl sites for hydroxylation is 3. The molecular formula is C22H22N2O5. The molecule has 1 fully saturated rings. The van der Waals surface area contributed by atoms with Gasteiger partial charge < -0.3 is 14.8 Å². The van der Waals surface area contributed by atoms with E-state index < -0.39 is 17.5 Å². The van der Waals surface area contributed by atoms with Gasteiger partial charge in [0.25, 0.3) is 5.91 Å². The zero-order valence-corrected chi connectivity index (χ0v) is 16.8. The Morgan fingerprint density at radius 3 is 2.48 bits per heavy atom. The molecule has 7 heteroatoms. The molecule has 1 unspecified atom stereocenters. The van der Waals surface area contributed by atoms with Crippen LogP contribution in [-0.4, -0.2) is 36.0 Å². The van der Waals surface area contributed by atoms with E-state index in [-0.39, 0.29) is 19.1 Å². The van der Waals surface area contributed by atoms with Crippen molar-refractivity contribution in [1.82, 2.24) is 10.2 Å². The van der Waals surface area contributed by atoms with Gasteiger partial charge in [0.05, 0.1) is 6.54 Å². The first-order valence-corrected chi connectivity index (χ1v) is 9.36. The third kappa shape index (κ3) is 3.03. The molecule has 29 heavy (non-hydrogen) atoms. The number of ketones is 1. The van der Waals surface area contributed by atoms with Crippen molar-refractivity contribution in [2.75, 3.05) is 13.3 Å². The van der Waals surface area contributed by atoms with Crippen LogP contribution in [0.3, 0.4) is 0 Å². The molecule has 0 aromatic heterocycles. The summed E-state index contributed by atoms with van der Waals surface area (Å²) in [7, 11) is 0. The lowest BCUT2D eigenvalue weighted by Gasteiger charge is -2.22. The van der Waals surface area contributed by atoms with Crippen molar-refractivity contribution in [2.45, 2.75) is 33.2 Å². The molecule has 1 saturated heterocycles. The Kier molecular flexibility index (Phi) is 4.33. The first-order chi connectivity index (χ1) is 13.7. The van der Waals surface area contributed by atoms with Crippen LogP contribution in [0, 0.1) is 20.8 Å². The summed E-state index contributed by atoms with van der Waals surface area (Å²) in [6, 6.07) is 8.25. The highest BCUT2D eigenvalue weighted by atomic mass is 16.7. The Bertz CT molecular complexity index is 1060. The van der Waals surface area contributed by atoms with Crippen molar-refractivity contribution in [2.24, 2.45) is 0 Å². The maximum Gasteiger partial charge on any atom is 0.325 e. The quantitative estimate of drug-likeness (QED) is 0.637. The Hall–Kier alpha value is -3.35. The van der Waals surface area contributed by atoms with E-state index in [2.05, 4.69) is 5.32 Å². The summed E-state index contributed by atoms with van der Waals surface area (Å²) in [5, 5.41) is 2.72. The lowest BCUT2D eigenvalue weighted by atomic mass is 9.91. The second-order valence-electron chi connectivity index (χ2n) is 7.69. The molecule has 0 saturated carbocycles. The molecule has 0 radical (unpaired) electrons.